The van der Waals surface area contributed by atoms with Crippen LogP contribution in [0.2, 0.25) is 0 Å². The van der Waals surface area contributed by atoms with Gasteiger partial charge in [-0.3, -0.25) is 14.4 Å². The van der Waals surface area contributed by atoms with E-state index in [4.69, 9.17) is 0 Å². The van der Waals surface area contributed by atoms with Gasteiger partial charge in [-0.1, -0.05) is 19.9 Å². The lowest BCUT2D eigenvalue weighted by Crippen LogP contribution is -2.41. The van der Waals surface area contributed by atoms with E-state index in [1.54, 1.807) is 0 Å². The Bertz CT molecular complexity index is 1140. The second-order valence-electron chi connectivity index (χ2n) is 9.10. The van der Waals surface area contributed by atoms with Crippen LogP contribution < -0.4 is 15.4 Å². The van der Waals surface area contributed by atoms with Gasteiger partial charge in [0.15, 0.2) is 5.78 Å². The molecule has 1 fully saturated rings. The number of benzene rings is 1. The zero-order chi connectivity index (χ0) is 25.8. The van der Waals surface area contributed by atoms with Crippen LogP contribution in [0.1, 0.15) is 50.0 Å². The quantitative estimate of drug-likeness (QED) is 0.435. The van der Waals surface area contributed by atoms with Gasteiger partial charge < -0.3 is 20.4 Å². The number of nitriles is 1. The molecule has 0 radical (unpaired) electrons. The average molecular weight is 492 g/mol. The van der Waals surface area contributed by atoms with E-state index in [2.05, 4.69) is 20.4 Å². The molecule has 1 aliphatic rings. The molecule has 1 saturated heterocycles. The lowest BCUT2D eigenvalue weighted by Gasteiger charge is -2.21. The summed E-state index contributed by atoms with van der Waals surface area (Å²) in [6.45, 7) is 4.30. The molecule has 0 saturated carbocycles. The Kier molecular flexibility index (Phi) is 8.04. The molecule has 2 heterocycles. The lowest BCUT2D eigenvalue weighted by atomic mass is 9.90. The molecule has 0 aliphatic carbocycles. The Balaban J connectivity index is 1.74. The number of H-pyrrole nitrogens is 1. The van der Waals surface area contributed by atoms with Crippen LogP contribution in [0.5, 0.6) is 5.75 Å². The number of hydrogen-bond donors (Lipinski definition) is 3. The molecule has 1 aromatic carbocycles. The highest BCUT2D eigenvalue weighted by molar-refractivity contribution is 6.02. The Morgan fingerprint density at radius 3 is 2.66 bits per heavy atom. The summed E-state index contributed by atoms with van der Waals surface area (Å²) in [6, 6.07) is 6.45. The Labute approximate surface area is 200 Å². The molecule has 8 nitrogen and oxygen atoms in total. The zero-order valence-corrected chi connectivity index (χ0v) is 19.4. The van der Waals surface area contributed by atoms with Crippen LogP contribution in [0.15, 0.2) is 24.3 Å². The van der Waals surface area contributed by atoms with Gasteiger partial charge in [0.2, 0.25) is 11.8 Å². The third-order valence-corrected chi connectivity index (χ3v) is 5.86. The maximum absolute atomic E-state index is 13.0. The molecular formula is C24H27F3N4O4. The lowest BCUT2D eigenvalue weighted by molar-refractivity contribution is -0.274. The van der Waals surface area contributed by atoms with Crippen LogP contribution in [-0.4, -0.2) is 41.5 Å². The molecule has 2 amide bonds. The summed E-state index contributed by atoms with van der Waals surface area (Å²) >= 11 is 0. The summed E-state index contributed by atoms with van der Waals surface area (Å²) in [5.74, 6) is -2.57. The molecule has 35 heavy (non-hydrogen) atoms. The fourth-order valence-electron chi connectivity index (χ4n) is 4.27. The van der Waals surface area contributed by atoms with Crippen molar-refractivity contribution in [3.05, 3.63) is 30.0 Å². The molecule has 2 aromatic rings. The Morgan fingerprint density at radius 1 is 1.31 bits per heavy atom. The van der Waals surface area contributed by atoms with Crippen molar-refractivity contribution >= 4 is 28.5 Å². The van der Waals surface area contributed by atoms with Gasteiger partial charge in [0.25, 0.3) is 0 Å². The summed E-state index contributed by atoms with van der Waals surface area (Å²) in [4.78, 5) is 40.6. The standard InChI is InChI=1S/C24H27F3N4O4/c1-13(2)8-15(23(34)30-16(12-28)9-14-6-7-29-22(14)33)10-20(32)19-11-17-18(31-19)4-3-5-21(17)35-24(25,26)27/h3-5,11,13-16,31H,6-10H2,1-2H3,(H,29,33)(H,30,34)/t14-,15+,16-/m0/s1. The minimum absolute atomic E-state index is 0.0549. The number of nitrogens with zero attached hydrogens (tertiary/aromatic N) is 1. The number of Topliss-reactive ketones (excluding diaryl/α,β-unsaturated/α-hetero) is 1. The third-order valence-electron chi connectivity index (χ3n) is 5.86. The van der Waals surface area contributed by atoms with E-state index < -0.39 is 35.8 Å². The fourth-order valence-corrected chi connectivity index (χ4v) is 4.27. The van der Waals surface area contributed by atoms with E-state index >= 15 is 0 Å². The predicted molar refractivity (Wildman–Crippen MR) is 120 cm³/mol. The summed E-state index contributed by atoms with van der Waals surface area (Å²) in [6.07, 6.45) is -3.95. The van der Waals surface area contributed by atoms with Crippen molar-refractivity contribution in [1.82, 2.24) is 15.6 Å². The second kappa shape index (κ2) is 10.8. The highest BCUT2D eigenvalue weighted by Crippen LogP contribution is 2.32. The number of alkyl halides is 3. The van der Waals surface area contributed by atoms with Crippen molar-refractivity contribution in [1.29, 1.82) is 5.26 Å². The van der Waals surface area contributed by atoms with Crippen molar-refractivity contribution in [3.63, 3.8) is 0 Å². The first-order chi connectivity index (χ1) is 16.5. The molecule has 0 unspecified atom stereocenters. The maximum Gasteiger partial charge on any atom is 0.573 e. The molecule has 3 atom stereocenters. The molecule has 0 spiro atoms. The minimum atomic E-state index is -4.88. The van der Waals surface area contributed by atoms with Gasteiger partial charge in [0, 0.05) is 35.7 Å². The van der Waals surface area contributed by atoms with Gasteiger partial charge in [-0.2, -0.15) is 5.26 Å². The Hall–Kier alpha value is -3.55. The summed E-state index contributed by atoms with van der Waals surface area (Å²) < 4.78 is 42.2. The van der Waals surface area contributed by atoms with Gasteiger partial charge in [-0.05, 0) is 43.4 Å². The van der Waals surface area contributed by atoms with Crippen molar-refractivity contribution in [2.75, 3.05) is 6.54 Å². The number of ether oxygens (including phenoxy) is 1. The number of amides is 2. The Morgan fingerprint density at radius 2 is 2.06 bits per heavy atom. The van der Waals surface area contributed by atoms with Crippen LogP contribution in [0.3, 0.4) is 0 Å². The van der Waals surface area contributed by atoms with Gasteiger partial charge in [-0.25, -0.2) is 0 Å². The first kappa shape index (κ1) is 26.1. The highest BCUT2D eigenvalue weighted by atomic mass is 19.4. The van der Waals surface area contributed by atoms with E-state index in [9.17, 15) is 32.8 Å². The van der Waals surface area contributed by atoms with Gasteiger partial charge in [0.1, 0.15) is 11.8 Å². The fraction of sp³-hybridized carbons (Fsp3) is 0.500. The maximum atomic E-state index is 13.0. The average Bonchev–Trinajstić information content (AvgIpc) is 3.38. The molecular weight excluding hydrogens is 465 g/mol. The number of rotatable bonds is 10. The summed E-state index contributed by atoms with van der Waals surface area (Å²) in [7, 11) is 0. The number of aromatic nitrogens is 1. The second-order valence-corrected chi connectivity index (χ2v) is 9.10. The van der Waals surface area contributed by atoms with E-state index in [0.717, 1.165) is 6.07 Å². The number of fused-ring (bicyclic) bond motifs is 1. The SMILES string of the molecule is CC(C)C[C@H](CC(=O)c1cc2c(OC(F)(F)F)cccc2[nH]1)C(=O)N[C@H](C#N)C[C@@H]1CCNC1=O. The zero-order valence-electron chi connectivity index (χ0n) is 19.4. The van der Waals surface area contributed by atoms with Crippen LogP contribution in [0.25, 0.3) is 10.9 Å². The summed E-state index contributed by atoms with van der Waals surface area (Å²) in [5, 5.41) is 14.9. The van der Waals surface area contributed by atoms with Crippen LogP contribution in [0, 0.1) is 29.1 Å². The van der Waals surface area contributed by atoms with Crippen LogP contribution >= 0.6 is 0 Å². The molecule has 1 aromatic heterocycles. The number of carbonyl (C=O) groups is 3. The van der Waals surface area contributed by atoms with Gasteiger partial charge >= 0.3 is 6.36 Å². The third kappa shape index (κ3) is 6.97. The van der Waals surface area contributed by atoms with Crippen LogP contribution in [0.4, 0.5) is 13.2 Å². The van der Waals surface area contributed by atoms with E-state index in [1.165, 1.54) is 18.2 Å². The molecule has 11 heteroatoms. The minimum Gasteiger partial charge on any atom is -0.405 e. The molecule has 0 bridgehead atoms. The number of carbonyl (C=O) groups excluding carboxylic acids is 3. The number of aromatic amines is 1. The largest absolute Gasteiger partial charge is 0.573 e. The number of hydrogen-bond acceptors (Lipinski definition) is 5. The van der Waals surface area contributed by atoms with E-state index in [0.29, 0.717) is 24.9 Å². The molecule has 1 aliphatic heterocycles. The number of ketones is 1. The summed E-state index contributed by atoms with van der Waals surface area (Å²) in [5.41, 5.74) is 0.346. The first-order valence-corrected chi connectivity index (χ1v) is 11.3. The van der Waals surface area contributed by atoms with Gasteiger partial charge in [0.05, 0.1) is 11.8 Å². The van der Waals surface area contributed by atoms with Crippen molar-refractivity contribution in [2.24, 2.45) is 17.8 Å². The highest BCUT2D eigenvalue weighted by Gasteiger charge is 2.33. The van der Waals surface area contributed by atoms with Crippen molar-refractivity contribution in [2.45, 2.75) is 51.9 Å². The molecule has 188 valence electrons. The first-order valence-electron chi connectivity index (χ1n) is 11.3. The van der Waals surface area contributed by atoms with E-state index in [-0.39, 0.29) is 41.7 Å². The predicted octanol–water partition coefficient (Wildman–Crippen LogP) is 3.84. The van der Waals surface area contributed by atoms with Crippen molar-refractivity contribution in [3.8, 4) is 11.8 Å². The molecule has 3 rings (SSSR count). The molecule has 3 N–H and O–H groups in total. The van der Waals surface area contributed by atoms with E-state index in [1.807, 2.05) is 19.9 Å². The number of halogens is 3. The number of nitrogens with one attached hydrogen (secondary N) is 3. The normalized spacial score (nSPS) is 17.6. The smallest absolute Gasteiger partial charge is 0.405 e. The monoisotopic (exact) mass is 492 g/mol. The van der Waals surface area contributed by atoms with Crippen molar-refractivity contribution < 1.29 is 32.3 Å². The topological polar surface area (TPSA) is 124 Å². The van der Waals surface area contributed by atoms with Crippen LogP contribution in [-0.2, 0) is 9.59 Å². The van der Waals surface area contributed by atoms with Gasteiger partial charge in [-0.15, -0.1) is 13.2 Å².